The Bertz CT molecular complexity index is 496. The van der Waals surface area contributed by atoms with Crippen LogP contribution in [0.4, 0.5) is 0 Å². The van der Waals surface area contributed by atoms with Gasteiger partial charge in [-0.1, -0.05) is 15.9 Å². The summed E-state index contributed by atoms with van der Waals surface area (Å²) in [5, 5.41) is 2.73. The predicted octanol–water partition coefficient (Wildman–Crippen LogP) is 2.24. The Hall–Kier alpha value is -1.29. The summed E-state index contributed by atoms with van der Waals surface area (Å²) in [4.78, 5) is 11.1. The third kappa shape index (κ3) is 1.65. The van der Waals surface area contributed by atoms with Gasteiger partial charge in [-0.05, 0) is 31.2 Å². The van der Waals surface area contributed by atoms with Crippen molar-refractivity contribution in [2.75, 3.05) is 0 Å². The first kappa shape index (κ1) is 9.27. The molecule has 0 amide bonds. The van der Waals surface area contributed by atoms with E-state index >= 15 is 0 Å². The zero-order valence-electron chi connectivity index (χ0n) is 7.62. The van der Waals surface area contributed by atoms with E-state index in [0.29, 0.717) is 0 Å². The van der Waals surface area contributed by atoms with Crippen molar-refractivity contribution in [3.8, 4) is 5.69 Å². The van der Waals surface area contributed by atoms with E-state index in [-0.39, 0.29) is 5.56 Å². The molecule has 14 heavy (non-hydrogen) atoms. The molecule has 72 valence electrons. The zero-order valence-corrected chi connectivity index (χ0v) is 9.21. The second-order valence-electron chi connectivity index (χ2n) is 3.07. The van der Waals surface area contributed by atoms with E-state index in [4.69, 9.17) is 0 Å². The zero-order chi connectivity index (χ0) is 10.1. The summed E-state index contributed by atoms with van der Waals surface area (Å²) in [6.45, 7) is 1.89. The van der Waals surface area contributed by atoms with Gasteiger partial charge in [-0.3, -0.25) is 14.6 Å². The van der Waals surface area contributed by atoms with Crippen molar-refractivity contribution in [3.05, 3.63) is 50.9 Å². The van der Waals surface area contributed by atoms with E-state index < -0.39 is 0 Å². The quantitative estimate of drug-likeness (QED) is 0.831. The lowest BCUT2D eigenvalue weighted by Gasteiger charge is -2.04. The molecule has 4 heteroatoms. The number of rotatable bonds is 1. The van der Waals surface area contributed by atoms with Gasteiger partial charge in [0, 0.05) is 16.2 Å². The lowest BCUT2D eigenvalue weighted by Crippen LogP contribution is -2.03. The number of nitrogens with zero attached hydrogens (tertiary/aromatic N) is 1. The molecule has 0 bridgehead atoms. The fourth-order valence-electron chi connectivity index (χ4n) is 1.34. The Morgan fingerprint density at radius 2 is 1.93 bits per heavy atom. The highest BCUT2D eigenvalue weighted by molar-refractivity contribution is 9.10. The Morgan fingerprint density at radius 3 is 2.43 bits per heavy atom. The van der Waals surface area contributed by atoms with Crippen molar-refractivity contribution in [2.24, 2.45) is 0 Å². The molecule has 0 aliphatic carbocycles. The Morgan fingerprint density at radius 1 is 1.29 bits per heavy atom. The van der Waals surface area contributed by atoms with E-state index in [1.165, 1.54) is 0 Å². The molecular weight excluding hydrogens is 244 g/mol. The van der Waals surface area contributed by atoms with Crippen molar-refractivity contribution in [3.63, 3.8) is 0 Å². The summed E-state index contributed by atoms with van der Waals surface area (Å²) in [7, 11) is 0. The van der Waals surface area contributed by atoms with E-state index in [2.05, 4.69) is 21.0 Å². The maximum Gasteiger partial charge on any atom is 0.264 e. The number of H-pyrrole nitrogens is 1. The summed E-state index contributed by atoms with van der Waals surface area (Å²) in [5.41, 5.74) is 1.77. The molecule has 0 saturated carbocycles. The summed E-state index contributed by atoms with van der Waals surface area (Å²) in [6, 6.07) is 9.32. The predicted molar refractivity (Wildman–Crippen MR) is 58.8 cm³/mol. The molecule has 1 aromatic carbocycles. The summed E-state index contributed by atoms with van der Waals surface area (Å²) in [5.74, 6) is 0. The van der Waals surface area contributed by atoms with Crippen LogP contribution in [0.1, 0.15) is 5.69 Å². The normalized spacial score (nSPS) is 10.4. The SMILES string of the molecule is Cc1cc(=O)[nH]n1-c1ccc(Br)cc1. The van der Waals surface area contributed by atoms with Crippen LogP contribution in [-0.4, -0.2) is 9.78 Å². The van der Waals surface area contributed by atoms with Crippen LogP contribution in [0.25, 0.3) is 5.69 Å². The molecule has 1 heterocycles. The van der Waals surface area contributed by atoms with Crippen molar-refractivity contribution in [1.29, 1.82) is 0 Å². The van der Waals surface area contributed by atoms with Gasteiger partial charge in [0.05, 0.1) is 5.69 Å². The van der Waals surface area contributed by atoms with E-state index in [1.807, 2.05) is 31.2 Å². The van der Waals surface area contributed by atoms with E-state index in [0.717, 1.165) is 15.9 Å². The highest BCUT2D eigenvalue weighted by atomic mass is 79.9. The summed E-state index contributed by atoms with van der Waals surface area (Å²) in [6.07, 6.45) is 0. The number of aromatic amines is 1. The Kier molecular flexibility index (Phi) is 2.29. The van der Waals surface area contributed by atoms with Gasteiger partial charge in [-0.25, -0.2) is 0 Å². The molecule has 1 aromatic heterocycles. The minimum Gasteiger partial charge on any atom is -0.268 e. The molecular formula is C10H9BrN2O. The average molecular weight is 253 g/mol. The lowest BCUT2D eigenvalue weighted by atomic mass is 10.3. The van der Waals surface area contributed by atoms with Gasteiger partial charge < -0.3 is 0 Å². The molecule has 0 radical (unpaired) electrons. The van der Waals surface area contributed by atoms with Crippen LogP contribution in [0.5, 0.6) is 0 Å². The Balaban J connectivity index is 2.54. The van der Waals surface area contributed by atoms with Crippen molar-refractivity contribution < 1.29 is 0 Å². The standard InChI is InChI=1S/C10H9BrN2O/c1-7-6-10(14)12-13(7)9-4-2-8(11)3-5-9/h2-6H,1H3,(H,12,14). The molecule has 0 atom stereocenters. The first-order chi connectivity index (χ1) is 6.66. The van der Waals surface area contributed by atoms with Gasteiger partial charge in [-0.15, -0.1) is 0 Å². The molecule has 0 unspecified atom stereocenters. The minimum absolute atomic E-state index is 0.0783. The van der Waals surface area contributed by atoms with Gasteiger partial charge in [0.2, 0.25) is 0 Å². The van der Waals surface area contributed by atoms with Gasteiger partial charge in [0.15, 0.2) is 0 Å². The number of benzene rings is 1. The molecule has 1 N–H and O–H groups in total. The number of hydrogen-bond acceptors (Lipinski definition) is 1. The molecule has 0 spiro atoms. The first-order valence-electron chi connectivity index (χ1n) is 4.21. The first-order valence-corrected chi connectivity index (χ1v) is 5.01. The van der Waals surface area contributed by atoms with Crippen LogP contribution in [0.15, 0.2) is 39.6 Å². The third-order valence-electron chi connectivity index (χ3n) is 2.00. The van der Waals surface area contributed by atoms with Gasteiger partial charge >= 0.3 is 0 Å². The maximum atomic E-state index is 11.1. The fourth-order valence-corrected chi connectivity index (χ4v) is 1.61. The van der Waals surface area contributed by atoms with Crippen LogP contribution in [-0.2, 0) is 0 Å². The highest BCUT2D eigenvalue weighted by Gasteiger charge is 2.01. The third-order valence-corrected chi connectivity index (χ3v) is 2.53. The van der Waals surface area contributed by atoms with Gasteiger partial charge in [0.1, 0.15) is 0 Å². The second-order valence-corrected chi connectivity index (χ2v) is 3.99. The highest BCUT2D eigenvalue weighted by Crippen LogP contribution is 2.13. The molecule has 2 rings (SSSR count). The Labute approximate surface area is 89.5 Å². The van der Waals surface area contributed by atoms with Crippen LogP contribution >= 0.6 is 15.9 Å². The lowest BCUT2D eigenvalue weighted by molar-refractivity contribution is 0.834. The number of hydrogen-bond donors (Lipinski definition) is 1. The van der Waals surface area contributed by atoms with E-state index in [9.17, 15) is 4.79 Å². The van der Waals surface area contributed by atoms with Crippen LogP contribution in [0.3, 0.4) is 0 Å². The van der Waals surface area contributed by atoms with Gasteiger partial charge in [-0.2, -0.15) is 0 Å². The summed E-state index contributed by atoms with van der Waals surface area (Å²) < 4.78 is 2.78. The molecule has 0 aliphatic rings. The molecule has 2 aromatic rings. The monoisotopic (exact) mass is 252 g/mol. The van der Waals surface area contributed by atoms with Crippen LogP contribution < -0.4 is 5.56 Å². The van der Waals surface area contributed by atoms with E-state index in [1.54, 1.807) is 10.7 Å². The average Bonchev–Trinajstić information content (AvgIpc) is 2.47. The fraction of sp³-hybridized carbons (Fsp3) is 0.100. The number of halogens is 1. The molecule has 0 fully saturated rings. The van der Waals surface area contributed by atoms with Crippen molar-refractivity contribution >= 4 is 15.9 Å². The number of aromatic nitrogens is 2. The smallest absolute Gasteiger partial charge is 0.264 e. The van der Waals surface area contributed by atoms with Crippen molar-refractivity contribution in [2.45, 2.75) is 6.92 Å². The number of aryl methyl sites for hydroxylation is 1. The van der Waals surface area contributed by atoms with Crippen LogP contribution in [0, 0.1) is 6.92 Å². The minimum atomic E-state index is -0.0783. The summed E-state index contributed by atoms with van der Waals surface area (Å²) >= 11 is 3.36. The van der Waals surface area contributed by atoms with Crippen LogP contribution in [0.2, 0.25) is 0 Å². The molecule has 0 saturated heterocycles. The van der Waals surface area contributed by atoms with Crippen molar-refractivity contribution in [1.82, 2.24) is 9.78 Å². The second kappa shape index (κ2) is 3.46. The number of nitrogens with one attached hydrogen (secondary N) is 1. The largest absolute Gasteiger partial charge is 0.268 e. The maximum absolute atomic E-state index is 11.1. The molecule has 0 aliphatic heterocycles. The topological polar surface area (TPSA) is 37.8 Å². The van der Waals surface area contributed by atoms with Gasteiger partial charge in [0.25, 0.3) is 5.56 Å². The molecule has 3 nitrogen and oxygen atoms in total.